The Kier molecular flexibility index (Phi) is 8.28. The van der Waals surface area contributed by atoms with Gasteiger partial charge >= 0.3 is 236 Å². The van der Waals surface area contributed by atoms with E-state index in [2.05, 4.69) is 145 Å². The number of allylic oxidation sites excluding steroid dienone is 10. The quantitative estimate of drug-likeness (QED) is 0.189. The van der Waals surface area contributed by atoms with E-state index in [-0.39, 0.29) is 0 Å². The molecule has 1 aliphatic rings. The van der Waals surface area contributed by atoms with Crippen LogP contribution in [0, 0.1) is 0 Å². The molecule has 5 rings (SSSR count). The average Bonchev–Trinajstić information content (AvgIpc) is 3.37. The van der Waals surface area contributed by atoms with Gasteiger partial charge in [0.15, 0.2) is 0 Å². The van der Waals surface area contributed by atoms with E-state index in [0.29, 0.717) is 0 Å². The van der Waals surface area contributed by atoms with Crippen LogP contribution in [-0.2, 0) is 6.42 Å². The van der Waals surface area contributed by atoms with E-state index in [4.69, 9.17) is 0 Å². The Hall–Kier alpha value is -4.10. The molecule has 1 heterocycles. The van der Waals surface area contributed by atoms with Gasteiger partial charge in [-0.1, -0.05) is 0 Å². The van der Waals surface area contributed by atoms with Crippen molar-refractivity contribution in [3.05, 3.63) is 156 Å². The van der Waals surface area contributed by atoms with Gasteiger partial charge in [-0.2, -0.15) is 0 Å². The van der Waals surface area contributed by atoms with Crippen LogP contribution in [0.2, 0.25) is 0 Å². The Morgan fingerprint density at radius 2 is 1.44 bits per heavy atom. The van der Waals surface area contributed by atoms with Crippen LogP contribution in [0.1, 0.15) is 30.3 Å². The third-order valence-electron chi connectivity index (χ3n) is 7.40. The van der Waals surface area contributed by atoms with E-state index in [1.165, 1.54) is 49.4 Å². The normalized spacial score (nSPS) is 13.0. The molecule has 0 N–H and O–H groups in total. The van der Waals surface area contributed by atoms with E-state index in [0.717, 1.165) is 23.1 Å². The number of fused-ring (bicyclic) bond motifs is 3. The van der Waals surface area contributed by atoms with Crippen molar-refractivity contribution in [2.45, 2.75) is 20.3 Å². The van der Waals surface area contributed by atoms with Crippen LogP contribution in [-0.4, -0.2) is 20.7 Å². The molecule has 184 valence electrons. The van der Waals surface area contributed by atoms with E-state index in [1.807, 2.05) is 12.2 Å². The Bertz CT molecular complexity index is 1670. The van der Waals surface area contributed by atoms with Crippen molar-refractivity contribution in [1.82, 2.24) is 0 Å². The Morgan fingerprint density at radius 1 is 0.718 bits per heavy atom. The maximum atomic E-state index is 4.10. The van der Waals surface area contributed by atoms with Crippen molar-refractivity contribution in [3.63, 3.8) is 0 Å². The fraction of sp³-hybridized carbons (Fsp3) is 0.0833. The molecule has 3 aromatic carbocycles. The van der Waals surface area contributed by atoms with Gasteiger partial charge in [0.1, 0.15) is 0 Å². The van der Waals surface area contributed by atoms with Crippen LogP contribution in [0.15, 0.2) is 140 Å². The van der Waals surface area contributed by atoms with Crippen LogP contribution in [0.3, 0.4) is 0 Å². The molecule has 1 aromatic heterocycles. The molecule has 0 radical (unpaired) electrons. The summed E-state index contributed by atoms with van der Waals surface area (Å²) in [5, 5.41) is 3.59. The zero-order valence-corrected chi connectivity index (χ0v) is 22.8. The molecule has 3 heteroatoms. The third kappa shape index (κ3) is 5.69. The van der Waals surface area contributed by atoms with Crippen molar-refractivity contribution < 1.29 is 0 Å². The topological polar surface area (TPSA) is 0 Å². The molecule has 0 fully saturated rings. The first-order chi connectivity index (χ1) is 19.1. The molecule has 0 nitrogen and oxygen atoms in total. The van der Waals surface area contributed by atoms with Crippen LogP contribution >= 0.6 is 0 Å². The second-order valence-electron chi connectivity index (χ2n) is 9.76. The van der Waals surface area contributed by atoms with Crippen molar-refractivity contribution in [3.8, 4) is 33.0 Å². The average molecular weight is 496 g/mol. The molecule has 0 bridgehead atoms. The van der Waals surface area contributed by atoms with Crippen LogP contribution in [0.25, 0.3) is 38.5 Å². The summed E-state index contributed by atoms with van der Waals surface area (Å²) in [7, 11) is 0. The fourth-order valence-corrected chi connectivity index (χ4v) is 5.35. The van der Waals surface area contributed by atoms with Gasteiger partial charge in [-0.25, -0.2) is 0 Å². The molecule has 0 atom stereocenters. The molecule has 0 amide bonds. The van der Waals surface area contributed by atoms with Crippen molar-refractivity contribution >= 4 is 26.3 Å². The summed E-state index contributed by atoms with van der Waals surface area (Å²) in [6, 6.07) is 26.3. The second kappa shape index (κ2) is 12.2. The fourth-order valence-electron chi connectivity index (χ4n) is 5.35. The summed E-state index contributed by atoms with van der Waals surface area (Å²) in [6.07, 6.45) is 15.3. The minimum atomic E-state index is 1.01. The summed E-state index contributed by atoms with van der Waals surface area (Å²) in [4.78, 5) is 0. The Labute approximate surface area is 235 Å². The summed E-state index contributed by atoms with van der Waals surface area (Å²) in [6.45, 7) is 19.0. The van der Waals surface area contributed by atoms with Crippen molar-refractivity contribution in [2.75, 3.05) is 0 Å². The summed E-state index contributed by atoms with van der Waals surface area (Å²) in [5.74, 6) is 0. The van der Waals surface area contributed by atoms with Gasteiger partial charge in [0.25, 0.3) is 0 Å². The number of hydrogen-bond acceptors (Lipinski definition) is 0. The second-order valence-corrected chi connectivity index (χ2v) is 9.76. The van der Waals surface area contributed by atoms with E-state index >= 15 is 0 Å². The predicted octanol–water partition coefficient (Wildman–Crippen LogP) is 8.81. The van der Waals surface area contributed by atoms with E-state index in [9.17, 15) is 0 Å². The molecule has 0 saturated heterocycles. The zero-order chi connectivity index (χ0) is 27.2. The maximum absolute atomic E-state index is 4.10. The van der Waals surface area contributed by atoms with Gasteiger partial charge in [-0.05, 0) is 0 Å². The van der Waals surface area contributed by atoms with Gasteiger partial charge in [0, 0.05) is 0 Å². The first kappa shape index (κ1) is 26.5. The summed E-state index contributed by atoms with van der Waals surface area (Å²) >= 11 is 0. The zero-order valence-electron chi connectivity index (χ0n) is 22.8. The van der Waals surface area contributed by atoms with Crippen LogP contribution in [0.5, 0.6) is 0 Å². The Morgan fingerprint density at radius 3 is 2.15 bits per heavy atom. The van der Waals surface area contributed by atoms with Gasteiger partial charge in [-0.3, -0.25) is 0 Å². The van der Waals surface area contributed by atoms with E-state index < -0.39 is 0 Å². The predicted molar refractivity (Wildman–Crippen MR) is 175 cm³/mol. The van der Waals surface area contributed by atoms with Crippen molar-refractivity contribution in [2.24, 2.45) is 0 Å². The molecule has 1 aliphatic carbocycles. The molecule has 39 heavy (non-hydrogen) atoms. The first-order valence-electron chi connectivity index (χ1n) is 13.5. The minimum absolute atomic E-state index is 1.01. The molecular formula is C36H31B3. The van der Waals surface area contributed by atoms with Gasteiger partial charge < -0.3 is 0 Å². The first-order valence-corrected chi connectivity index (χ1v) is 13.5. The SMILES string of the molecule is C=C\C=C/C(=C\C)C(/C=C)=C/C(=C\C)c1bc(-c2ccccc2)bc(-c2ccc3c(c2)-c2ccccc2C3)b1. The van der Waals surface area contributed by atoms with E-state index in [1.54, 1.807) is 6.08 Å². The summed E-state index contributed by atoms with van der Waals surface area (Å²) < 4.78 is 0. The standard InChI is InChI=1S/C36H31B3/c1-5-9-15-25(6-2)26(7-3)22-27(8-4)34-37-35(28-16-11-10-12-17-28)39-36(38-34)31-21-20-30-23-29-18-13-14-19-32(29)33(30)24-31/h5-22,24H,1,3,23H2,2,4H3/b15-9-,25-6+,26-22+,27-8+. The molecule has 4 aromatic rings. The summed E-state index contributed by atoms with van der Waals surface area (Å²) in [5.41, 5.74) is 11.3. The van der Waals surface area contributed by atoms with Gasteiger partial charge in [-0.15, -0.1) is 0 Å². The molecular weight excluding hydrogens is 465 g/mol. The molecule has 0 aliphatic heterocycles. The third-order valence-corrected chi connectivity index (χ3v) is 7.40. The van der Waals surface area contributed by atoms with Crippen LogP contribution < -0.4 is 0 Å². The molecule has 0 unspecified atom stereocenters. The van der Waals surface area contributed by atoms with Crippen LogP contribution in [0.4, 0.5) is 0 Å². The van der Waals surface area contributed by atoms with Gasteiger partial charge in [0.05, 0.1) is 0 Å². The molecule has 0 spiro atoms. The number of benzene rings is 3. The number of hydrogen-bond donors (Lipinski definition) is 0. The van der Waals surface area contributed by atoms with Crippen molar-refractivity contribution in [1.29, 1.82) is 0 Å². The number of rotatable bonds is 8. The molecule has 0 saturated carbocycles. The van der Waals surface area contributed by atoms with Gasteiger partial charge in [0.2, 0.25) is 0 Å². The monoisotopic (exact) mass is 496 g/mol. The Balaban J connectivity index is 1.65.